The molecule has 6 heteroatoms. The monoisotopic (exact) mass is 1180 g/mol. The van der Waals surface area contributed by atoms with Gasteiger partial charge in [0.15, 0.2) is 11.2 Å². The predicted octanol–water partition coefficient (Wildman–Crippen LogP) is 23.6. The van der Waals surface area contributed by atoms with Gasteiger partial charge in [-0.05, 0) is 156 Å². The summed E-state index contributed by atoms with van der Waals surface area (Å²) in [5.41, 5.74) is 22.9. The Bertz CT molecular complexity index is 5260. The van der Waals surface area contributed by atoms with Crippen molar-refractivity contribution in [3.63, 3.8) is 0 Å². The number of para-hydroxylation sites is 4. The van der Waals surface area contributed by atoms with Crippen molar-refractivity contribution in [2.24, 2.45) is 0 Å². The maximum Gasteiger partial charge on any atom is 0.159 e. The van der Waals surface area contributed by atoms with Crippen molar-refractivity contribution in [1.29, 1.82) is 0 Å². The molecule has 0 amide bonds. The van der Waals surface area contributed by atoms with Crippen LogP contribution in [0.3, 0.4) is 0 Å². The summed E-state index contributed by atoms with van der Waals surface area (Å²) in [7, 11) is 6.39. The molecule has 0 spiro atoms. The Morgan fingerprint density at radius 3 is 1.22 bits per heavy atom. The van der Waals surface area contributed by atoms with E-state index in [-0.39, 0.29) is 11.8 Å². The first-order chi connectivity index (χ1) is 43.5. The van der Waals surface area contributed by atoms with E-state index in [9.17, 15) is 0 Å². The lowest BCUT2D eigenvalue weighted by Crippen LogP contribution is -2.20. The molecule has 2 aromatic heterocycles. The number of benzene rings is 13. The lowest BCUT2D eigenvalue weighted by atomic mass is 9.83. The van der Waals surface area contributed by atoms with E-state index >= 15 is 0 Å². The molecule has 4 nitrogen and oxygen atoms in total. The molecule has 15 aromatic rings. The average molecular weight is 1190 g/mol. The van der Waals surface area contributed by atoms with Gasteiger partial charge in [0.05, 0.1) is 34.1 Å². The van der Waals surface area contributed by atoms with Gasteiger partial charge in [0.1, 0.15) is 11.2 Å². The zero-order valence-electron chi connectivity index (χ0n) is 50.6. The van der Waals surface area contributed by atoms with Crippen molar-refractivity contribution in [1.82, 2.24) is 0 Å². The fraction of sp³-hybridized carbons (Fsp3) is 0.0843. The Morgan fingerprint density at radius 1 is 0.360 bits per heavy atom. The minimum atomic E-state index is 0.118. The van der Waals surface area contributed by atoms with Crippen molar-refractivity contribution < 1.29 is 8.83 Å². The quantitative estimate of drug-likeness (QED) is 0.0851. The molecule has 2 atom stereocenters. The first kappa shape index (κ1) is 55.7. The molecule has 0 saturated carbocycles. The second-order valence-electron chi connectivity index (χ2n) is 24.0. The topological polar surface area (TPSA) is 32.8 Å². The standard InChI is InChI=1S/C83H66N2O2P2/c1-7-59-72(84(70-38-24-36-63-60-34-20-22-40-74(60)86-82(63)70)80-68(55-30-16-10-17-31-55)44-57(46-76(80)88)53-26-12-8-13-27-53)49-67(51(4)5)62-42-43-65-73(48-66(50(2)3)52(6)78(65)79(59)62)85(71-39-25-37-64-61-35-21-23-41-75(61)87-83(64)71)81-69(56-32-18-11-19-33-56)45-58(47-77(81)89)54-28-14-9-15-29-54/h7-51H,1,88-89H2,2-6H3. The van der Waals surface area contributed by atoms with E-state index in [1.807, 2.05) is 0 Å². The number of furan rings is 2. The number of rotatable bonds is 13. The van der Waals surface area contributed by atoms with Crippen molar-refractivity contribution in [2.45, 2.75) is 46.5 Å². The molecule has 0 saturated heterocycles. The van der Waals surface area contributed by atoms with E-state index in [0.29, 0.717) is 0 Å². The van der Waals surface area contributed by atoms with E-state index in [4.69, 9.17) is 15.4 Å². The fourth-order valence-corrected chi connectivity index (χ4v) is 14.9. The number of anilines is 6. The molecule has 0 aliphatic heterocycles. The molecule has 13 aromatic carbocycles. The fourth-order valence-electron chi connectivity index (χ4n) is 13.9. The molecule has 2 heterocycles. The highest BCUT2D eigenvalue weighted by molar-refractivity contribution is 7.28. The van der Waals surface area contributed by atoms with Crippen molar-refractivity contribution in [2.75, 3.05) is 9.80 Å². The van der Waals surface area contributed by atoms with E-state index in [0.717, 1.165) is 149 Å². The zero-order valence-corrected chi connectivity index (χ0v) is 52.9. The van der Waals surface area contributed by atoms with Crippen LogP contribution in [0.4, 0.5) is 34.1 Å². The first-order valence-electron chi connectivity index (χ1n) is 30.7. The molecule has 89 heavy (non-hydrogen) atoms. The molecule has 0 aliphatic carbocycles. The van der Waals surface area contributed by atoms with Crippen LogP contribution >= 0.6 is 18.5 Å². The molecule has 0 N–H and O–H groups in total. The normalized spacial score (nSPS) is 11.8. The lowest BCUT2D eigenvalue weighted by Gasteiger charge is -2.34. The van der Waals surface area contributed by atoms with Gasteiger partial charge < -0.3 is 18.6 Å². The average Bonchev–Trinajstić information content (AvgIpc) is 1.43. The van der Waals surface area contributed by atoms with Crippen LogP contribution in [0.1, 0.15) is 61.8 Å². The zero-order chi connectivity index (χ0) is 60.6. The second kappa shape index (κ2) is 22.7. The van der Waals surface area contributed by atoms with Crippen molar-refractivity contribution in [3.05, 3.63) is 284 Å². The number of aryl methyl sites for hydroxylation is 1. The Labute approximate surface area is 524 Å². The van der Waals surface area contributed by atoms with Crippen LogP contribution in [-0.4, -0.2) is 0 Å². The third-order valence-electron chi connectivity index (χ3n) is 18.0. The van der Waals surface area contributed by atoms with Gasteiger partial charge in [-0.15, -0.1) is 18.5 Å². The van der Waals surface area contributed by atoms with Gasteiger partial charge in [-0.1, -0.05) is 234 Å². The maximum atomic E-state index is 7.13. The summed E-state index contributed by atoms with van der Waals surface area (Å²) >= 11 is 0. The molecule has 430 valence electrons. The summed E-state index contributed by atoms with van der Waals surface area (Å²) in [5, 5.41) is 10.9. The highest BCUT2D eigenvalue weighted by Crippen LogP contribution is 2.54. The van der Waals surface area contributed by atoms with Crippen LogP contribution in [0.5, 0.6) is 0 Å². The second-order valence-corrected chi connectivity index (χ2v) is 25.2. The summed E-state index contributed by atoms with van der Waals surface area (Å²) in [6.45, 7) is 16.5. The Balaban J connectivity index is 1.10. The maximum absolute atomic E-state index is 7.13. The highest BCUT2D eigenvalue weighted by atomic mass is 31.0. The largest absolute Gasteiger partial charge is 0.454 e. The Hall–Kier alpha value is -9.82. The van der Waals surface area contributed by atoms with Crippen LogP contribution < -0.4 is 20.4 Å². The molecule has 0 bridgehead atoms. The number of hydrogen-bond acceptors (Lipinski definition) is 4. The minimum Gasteiger partial charge on any atom is -0.454 e. The van der Waals surface area contributed by atoms with Gasteiger partial charge in [-0.3, -0.25) is 0 Å². The summed E-state index contributed by atoms with van der Waals surface area (Å²) in [6.07, 6.45) is 2.11. The van der Waals surface area contributed by atoms with Gasteiger partial charge in [0, 0.05) is 43.6 Å². The van der Waals surface area contributed by atoms with Gasteiger partial charge in [0.25, 0.3) is 0 Å². The van der Waals surface area contributed by atoms with Gasteiger partial charge in [-0.25, -0.2) is 0 Å². The number of hydrogen-bond donors (Lipinski definition) is 0. The highest BCUT2D eigenvalue weighted by Gasteiger charge is 2.32. The lowest BCUT2D eigenvalue weighted by molar-refractivity contribution is 0.669. The van der Waals surface area contributed by atoms with E-state index in [1.165, 1.54) is 27.5 Å². The van der Waals surface area contributed by atoms with Gasteiger partial charge >= 0.3 is 0 Å². The minimum absolute atomic E-state index is 0.118. The van der Waals surface area contributed by atoms with E-state index in [1.54, 1.807) is 0 Å². The van der Waals surface area contributed by atoms with Crippen LogP contribution in [0.2, 0.25) is 0 Å². The summed E-state index contributed by atoms with van der Waals surface area (Å²) in [6, 6.07) is 92.2. The van der Waals surface area contributed by atoms with Crippen molar-refractivity contribution >= 4 is 135 Å². The molecular formula is C83H66N2O2P2. The third kappa shape index (κ3) is 9.44. The molecule has 0 fully saturated rings. The Morgan fingerprint density at radius 2 is 0.764 bits per heavy atom. The van der Waals surface area contributed by atoms with Crippen LogP contribution in [-0.2, 0) is 0 Å². The predicted molar refractivity (Wildman–Crippen MR) is 389 cm³/mol. The van der Waals surface area contributed by atoms with E-state index in [2.05, 4.69) is 324 Å². The van der Waals surface area contributed by atoms with Gasteiger partial charge in [-0.2, -0.15) is 0 Å². The van der Waals surface area contributed by atoms with Crippen LogP contribution in [0, 0.1) is 6.92 Å². The number of nitrogens with zero attached hydrogens (tertiary/aromatic N) is 2. The molecule has 0 radical (unpaired) electrons. The smallest absolute Gasteiger partial charge is 0.159 e. The van der Waals surface area contributed by atoms with Gasteiger partial charge in [0.2, 0.25) is 0 Å². The Kier molecular flexibility index (Phi) is 14.2. The summed E-state index contributed by atoms with van der Waals surface area (Å²) in [5.74, 6) is 0.257. The molecule has 15 rings (SSSR count). The number of fused-ring (bicyclic) bond motifs is 9. The van der Waals surface area contributed by atoms with Crippen LogP contribution in [0.15, 0.2) is 270 Å². The van der Waals surface area contributed by atoms with E-state index < -0.39 is 0 Å². The first-order valence-corrected chi connectivity index (χ1v) is 31.9. The SMILES string of the molecule is C=Cc1c(N(c2c(P)cc(-c3ccccc3)cc2-c2ccccc2)c2cccc3c2oc2ccccc23)cc(C(C)C)c2ccc3c(N(c4c(P)cc(-c5ccccc5)cc4-c4ccccc4)c4cccc5c4oc4ccccc45)cc(C(C)C)c(C)c3c12. The summed E-state index contributed by atoms with van der Waals surface area (Å²) in [4.78, 5) is 5.00. The molecular weight excluding hydrogens is 1120 g/mol. The molecule has 0 aliphatic rings. The summed E-state index contributed by atoms with van der Waals surface area (Å²) < 4.78 is 14.3. The van der Waals surface area contributed by atoms with Crippen molar-refractivity contribution in [3.8, 4) is 44.5 Å². The van der Waals surface area contributed by atoms with Crippen LogP contribution in [0.25, 0.3) is 116 Å². The molecule has 2 unspecified atom stereocenters. The third-order valence-corrected chi connectivity index (χ3v) is 18.9.